The van der Waals surface area contributed by atoms with Crippen LogP contribution < -0.4 is 10.3 Å². The Morgan fingerprint density at radius 3 is 2.81 bits per heavy atom. The van der Waals surface area contributed by atoms with E-state index < -0.39 is 0 Å². The summed E-state index contributed by atoms with van der Waals surface area (Å²) in [6, 6.07) is 16.7. The van der Waals surface area contributed by atoms with Gasteiger partial charge in [0.15, 0.2) is 5.82 Å². The lowest BCUT2D eigenvalue weighted by atomic mass is 10.1. The van der Waals surface area contributed by atoms with E-state index in [1.165, 1.54) is 0 Å². The van der Waals surface area contributed by atoms with E-state index in [-0.39, 0.29) is 17.0 Å². The molecule has 0 aliphatic heterocycles. The third-order valence-electron chi connectivity index (χ3n) is 3.96. The number of ether oxygens (including phenoxy) is 1. The standard InChI is InChI=1S/C21H19N3O2/c1-2-3-12-26-19-11-7-4-8-15(19)13-16(14-22)20-23-18-10-6-5-9-17(18)21(25)24-20/h4-11,13H,2-3,12H2,1H3,(H,23,24,25)/b16-13+. The van der Waals surface area contributed by atoms with Crippen LogP contribution in [0.15, 0.2) is 53.3 Å². The highest BCUT2D eigenvalue weighted by atomic mass is 16.5. The molecule has 1 aromatic heterocycles. The lowest BCUT2D eigenvalue weighted by molar-refractivity contribution is 0.309. The second-order valence-corrected chi connectivity index (χ2v) is 5.84. The van der Waals surface area contributed by atoms with E-state index >= 15 is 0 Å². The van der Waals surface area contributed by atoms with E-state index in [9.17, 15) is 10.1 Å². The molecular weight excluding hydrogens is 326 g/mol. The van der Waals surface area contributed by atoms with Gasteiger partial charge in [0.1, 0.15) is 11.8 Å². The summed E-state index contributed by atoms with van der Waals surface area (Å²) in [6.07, 6.45) is 3.70. The number of nitrogens with zero attached hydrogens (tertiary/aromatic N) is 2. The number of aromatic nitrogens is 2. The van der Waals surface area contributed by atoms with Crippen LogP contribution in [0.4, 0.5) is 0 Å². The predicted octanol–water partition coefficient (Wildman–Crippen LogP) is 4.17. The number of hydrogen-bond donors (Lipinski definition) is 1. The number of unbranched alkanes of at least 4 members (excludes halogenated alkanes) is 1. The Hall–Kier alpha value is -3.39. The van der Waals surface area contributed by atoms with Crippen molar-refractivity contribution in [2.24, 2.45) is 0 Å². The number of allylic oxidation sites excluding steroid dienone is 1. The van der Waals surface area contributed by atoms with E-state index in [1.54, 1.807) is 24.3 Å². The first-order chi connectivity index (χ1) is 12.7. The third kappa shape index (κ3) is 3.81. The molecule has 26 heavy (non-hydrogen) atoms. The highest BCUT2D eigenvalue weighted by molar-refractivity contribution is 5.90. The molecule has 2 aromatic carbocycles. The second kappa shape index (κ2) is 8.13. The van der Waals surface area contributed by atoms with Crippen LogP contribution in [0.1, 0.15) is 31.2 Å². The Morgan fingerprint density at radius 2 is 2.00 bits per heavy atom. The summed E-state index contributed by atoms with van der Waals surface area (Å²) in [7, 11) is 0. The number of para-hydroxylation sites is 2. The Bertz CT molecular complexity index is 1040. The van der Waals surface area contributed by atoms with Crippen molar-refractivity contribution < 1.29 is 4.74 Å². The number of benzene rings is 2. The number of hydrogen-bond acceptors (Lipinski definition) is 4. The summed E-state index contributed by atoms with van der Waals surface area (Å²) in [5.41, 5.74) is 1.34. The molecule has 1 heterocycles. The van der Waals surface area contributed by atoms with Gasteiger partial charge in [0.2, 0.25) is 0 Å². The molecule has 0 aliphatic carbocycles. The monoisotopic (exact) mass is 345 g/mol. The molecule has 0 saturated carbocycles. The highest BCUT2D eigenvalue weighted by Gasteiger charge is 2.09. The van der Waals surface area contributed by atoms with Crippen LogP contribution in [0.3, 0.4) is 0 Å². The first-order valence-corrected chi connectivity index (χ1v) is 8.56. The molecule has 0 radical (unpaired) electrons. The van der Waals surface area contributed by atoms with Crippen molar-refractivity contribution in [1.29, 1.82) is 5.26 Å². The van der Waals surface area contributed by atoms with Crippen molar-refractivity contribution in [3.05, 3.63) is 70.3 Å². The van der Waals surface area contributed by atoms with Gasteiger partial charge in [-0.1, -0.05) is 43.7 Å². The van der Waals surface area contributed by atoms with Crippen LogP contribution >= 0.6 is 0 Å². The minimum absolute atomic E-state index is 0.250. The molecule has 3 aromatic rings. The maximum atomic E-state index is 12.3. The minimum Gasteiger partial charge on any atom is -0.493 e. The van der Waals surface area contributed by atoms with E-state index in [1.807, 2.05) is 30.3 Å². The van der Waals surface area contributed by atoms with Crippen LogP contribution in [0.25, 0.3) is 22.6 Å². The second-order valence-electron chi connectivity index (χ2n) is 5.84. The first kappa shape index (κ1) is 17.4. The Balaban J connectivity index is 2.02. The summed E-state index contributed by atoms with van der Waals surface area (Å²) in [6.45, 7) is 2.72. The lowest BCUT2D eigenvalue weighted by Crippen LogP contribution is -2.11. The maximum Gasteiger partial charge on any atom is 0.259 e. The van der Waals surface area contributed by atoms with Gasteiger partial charge in [-0.15, -0.1) is 0 Å². The van der Waals surface area contributed by atoms with Crippen LogP contribution in [0.2, 0.25) is 0 Å². The van der Waals surface area contributed by atoms with Gasteiger partial charge in [0.05, 0.1) is 23.1 Å². The number of nitrogens with one attached hydrogen (secondary N) is 1. The number of H-pyrrole nitrogens is 1. The Kier molecular flexibility index (Phi) is 5.45. The van der Waals surface area contributed by atoms with Crippen molar-refractivity contribution >= 4 is 22.6 Å². The van der Waals surface area contributed by atoms with E-state index in [0.29, 0.717) is 23.3 Å². The van der Waals surface area contributed by atoms with Gasteiger partial charge in [0.25, 0.3) is 5.56 Å². The summed E-state index contributed by atoms with van der Waals surface area (Å²) in [4.78, 5) is 19.4. The van der Waals surface area contributed by atoms with Gasteiger partial charge in [-0.05, 0) is 30.7 Å². The summed E-state index contributed by atoms with van der Waals surface area (Å²) >= 11 is 0. The molecule has 3 rings (SSSR count). The van der Waals surface area contributed by atoms with E-state index in [4.69, 9.17) is 4.74 Å². The number of nitriles is 1. The topological polar surface area (TPSA) is 78.8 Å². The van der Waals surface area contributed by atoms with Gasteiger partial charge < -0.3 is 9.72 Å². The minimum atomic E-state index is -0.265. The third-order valence-corrected chi connectivity index (χ3v) is 3.96. The Morgan fingerprint density at radius 1 is 1.23 bits per heavy atom. The quantitative estimate of drug-likeness (QED) is 0.537. The van der Waals surface area contributed by atoms with Gasteiger partial charge in [-0.3, -0.25) is 4.79 Å². The molecular formula is C21H19N3O2. The molecule has 0 bridgehead atoms. The number of fused-ring (bicyclic) bond motifs is 1. The lowest BCUT2D eigenvalue weighted by Gasteiger charge is -2.09. The van der Waals surface area contributed by atoms with Crippen LogP contribution in [0.5, 0.6) is 5.75 Å². The molecule has 5 nitrogen and oxygen atoms in total. The molecule has 0 spiro atoms. The number of aromatic amines is 1. The Labute approximate surface area is 151 Å². The average molecular weight is 345 g/mol. The molecule has 0 atom stereocenters. The fourth-order valence-electron chi connectivity index (χ4n) is 2.58. The van der Waals surface area contributed by atoms with Gasteiger partial charge in [-0.2, -0.15) is 5.26 Å². The zero-order chi connectivity index (χ0) is 18.4. The molecule has 1 N–H and O–H groups in total. The van der Waals surface area contributed by atoms with Crippen molar-refractivity contribution in [3.63, 3.8) is 0 Å². The zero-order valence-electron chi connectivity index (χ0n) is 14.5. The molecule has 0 fully saturated rings. The first-order valence-electron chi connectivity index (χ1n) is 8.56. The van der Waals surface area contributed by atoms with Crippen molar-refractivity contribution in [2.75, 3.05) is 6.61 Å². The smallest absolute Gasteiger partial charge is 0.259 e. The average Bonchev–Trinajstić information content (AvgIpc) is 2.67. The van der Waals surface area contributed by atoms with Crippen molar-refractivity contribution in [1.82, 2.24) is 9.97 Å². The van der Waals surface area contributed by atoms with Crippen LogP contribution in [-0.4, -0.2) is 16.6 Å². The fourth-order valence-corrected chi connectivity index (χ4v) is 2.58. The summed E-state index contributed by atoms with van der Waals surface area (Å²) < 4.78 is 5.81. The fraction of sp³-hybridized carbons (Fsp3) is 0.190. The number of rotatable bonds is 6. The van der Waals surface area contributed by atoms with Gasteiger partial charge >= 0.3 is 0 Å². The van der Waals surface area contributed by atoms with Crippen molar-refractivity contribution in [2.45, 2.75) is 19.8 Å². The molecule has 5 heteroatoms. The van der Waals surface area contributed by atoms with Gasteiger partial charge in [-0.25, -0.2) is 4.98 Å². The van der Waals surface area contributed by atoms with Crippen LogP contribution in [0, 0.1) is 11.3 Å². The molecule has 130 valence electrons. The molecule has 0 amide bonds. The molecule has 0 saturated heterocycles. The normalized spacial score (nSPS) is 11.3. The summed E-state index contributed by atoms with van der Waals surface area (Å²) in [5, 5.41) is 10.1. The maximum absolute atomic E-state index is 12.3. The van der Waals surface area contributed by atoms with E-state index in [2.05, 4.69) is 23.0 Å². The van der Waals surface area contributed by atoms with E-state index in [0.717, 1.165) is 18.4 Å². The predicted molar refractivity (Wildman–Crippen MR) is 103 cm³/mol. The highest BCUT2D eigenvalue weighted by Crippen LogP contribution is 2.24. The van der Waals surface area contributed by atoms with Crippen LogP contribution in [-0.2, 0) is 0 Å². The molecule has 0 aliphatic rings. The largest absolute Gasteiger partial charge is 0.493 e. The van der Waals surface area contributed by atoms with Gasteiger partial charge in [0, 0.05) is 5.56 Å². The van der Waals surface area contributed by atoms with Crippen molar-refractivity contribution in [3.8, 4) is 11.8 Å². The zero-order valence-corrected chi connectivity index (χ0v) is 14.5. The molecule has 0 unspecified atom stereocenters. The SMILES string of the molecule is CCCCOc1ccccc1/C=C(\C#N)c1nc2ccccc2c(=O)[nH]1. The summed E-state index contributed by atoms with van der Waals surface area (Å²) in [5.74, 6) is 0.955.